The molecule has 152 valence electrons. The number of aromatic hydroxyl groups is 1. The Morgan fingerprint density at radius 3 is 2.66 bits per heavy atom. The summed E-state index contributed by atoms with van der Waals surface area (Å²) < 4.78 is 22.1. The van der Waals surface area contributed by atoms with Gasteiger partial charge in [0.05, 0.1) is 5.69 Å². The van der Waals surface area contributed by atoms with Crippen LogP contribution in [-0.2, 0) is 4.79 Å². The van der Waals surface area contributed by atoms with Crippen LogP contribution >= 0.6 is 11.9 Å². The molecule has 3 aromatic rings. The molecule has 1 heterocycles. The number of rotatable bonds is 6. The number of phenolic OH excluding ortho intramolecular Hbond substituents is 1. The first-order chi connectivity index (χ1) is 13.8. The van der Waals surface area contributed by atoms with Gasteiger partial charge < -0.3 is 9.84 Å². The van der Waals surface area contributed by atoms with Gasteiger partial charge in [0.25, 0.3) is 5.91 Å². The minimum atomic E-state index is -0.281. The quantitative estimate of drug-likeness (QED) is 0.559. The minimum Gasteiger partial charge on any atom is -0.508 e. The molecule has 0 fully saturated rings. The number of carbonyl (C=O) groups excluding carboxylic acids is 1. The lowest BCUT2D eigenvalue weighted by Crippen LogP contribution is -2.23. The van der Waals surface area contributed by atoms with E-state index in [1.807, 2.05) is 13.8 Å². The largest absolute Gasteiger partial charge is 0.508 e. The summed E-state index contributed by atoms with van der Waals surface area (Å²) in [5.41, 5.74) is 3.01. The van der Waals surface area contributed by atoms with Crippen molar-refractivity contribution in [2.24, 2.45) is 0 Å². The van der Waals surface area contributed by atoms with Crippen molar-refractivity contribution in [1.29, 1.82) is 0 Å². The molecule has 7 heteroatoms. The van der Waals surface area contributed by atoms with Crippen molar-refractivity contribution in [2.45, 2.75) is 26.7 Å². The SMILES string of the molecule is CSNC(=O)COc1nc(C(C)C)c(-c2ccc(F)c(C)c2)c2ccc(O)cc12. The number of carbonyl (C=O) groups is 1. The van der Waals surface area contributed by atoms with Gasteiger partial charge >= 0.3 is 0 Å². The number of ether oxygens (including phenoxy) is 1. The summed E-state index contributed by atoms with van der Waals surface area (Å²) in [7, 11) is 0. The molecule has 2 N–H and O–H groups in total. The highest BCUT2D eigenvalue weighted by Crippen LogP contribution is 2.40. The third kappa shape index (κ3) is 4.45. The molecule has 2 aromatic carbocycles. The minimum absolute atomic E-state index is 0.0518. The Labute approximate surface area is 173 Å². The number of hydrogen-bond acceptors (Lipinski definition) is 5. The highest BCUT2D eigenvalue weighted by molar-refractivity contribution is 7.97. The Morgan fingerprint density at radius 1 is 1.24 bits per heavy atom. The monoisotopic (exact) mass is 414 g/mol. The first kappa shape index (κ1) is 20.9. The molecule has 0 saturated heterocycles. The van der Waals surface area contributed by atoms with Crippen LogP contribution in [0, 0.1) is 12.7 Å². The first-order valence-electron chi connectivity index (χ1n) is 9.19. The summed E-state index contributed by atoms with van der Waals surface area (Å²) in [6.45, 7) is 5.56. The van der Waals surface area contributed by atoms with Crippen molar-refractivity contribution in [1.82, 2.24) is 9.71 Å². The lowest BCUT2D eigenvalue weighted by atomic mass is 9.92. The van der Waals surface area contributed by atoms with Crippen molar-refractivity contribution in [3.05, 3.63) is 53.5 Å². The van der Waals surface area contributed by atoms with Gasteiger partial charge in [0.15, 0.2) is 6.61 Å². The molecule has 5 nitrogen and oxygen atoms in total. The molecule has 29 heavy (non-hydrogen) atoms. The Hall–Kier alpha value is -2.80. The van der Waals surface area contributed by atoms with Gasteiger partial charge in [0.1, 0.15) is 11.6 Å². The van der Waals surface area contributed by atoms with E-state index in [2.05, 4.69) is 9.71 Å². The lowest BCUT2D eigenvalue weighted by molar-refractivity contribution is -0.121. The van der Waals surface area contributed by atoms with E-state index in [0.717, 1.165) is 22.2 Å². The third-order valence-electron chi connectivity index (χ3n) is 4.53. The first-order valence-corrected chi connectivity index (χ1v) is 10.4. The van der Waals surface area contributed by atoms with Crippen LogP contribution in [0.4, 0.5) is 4.39 Å². The van der Waals surface area contributed by atoms with E-state index in [4.69, 9.17) is 4.74 Å². The zero-order valence-electron chi connectivity index (χ0n) is 16.7. The van der Waals surface area contributed by atoms with Crippen LogP contribution in [0.25, 0.3) is 21.9 Å². The zero-order chi connectivity index (χ0) is 21.1. The Morgan fingerprint density at radius 2 is 2.00 bits per heavy atom. The second kappa shape index (κ2) is 8.69. The van der Waals surface area contributed by atoms with Gasteiger partial charge in [0, 0.05) is 17.2 Å². The van der Waals surface area contributed by atoms with E-state index >= 15 is 0 Å². The molecule has 0 bridgehead atoms. The Kier molecular flexibility index (Phi) is 6.27. The molecule has 0 saturated carbocycles. The van der Waals surface area contributed by atoms with Crippen LogP contribution in [0.3, 0.4) is 0 Å². The van der Waals surface area contributed by atoms with Crippen LogP contribution in [0.2, 0.25) is 0 Å². The number of nitrogens with one attached hydrogen (secondary N) is 1. The normalized spacial score (nSPS) is 11.1. The van der Waals surface area contributed by atoms with Crippen molar-refractivity contribution >= 4 is 28.6 Å². The van der Waals surface area contributed by atoms with Crippen molar-refractivity contribution < 1.29 is 19.0 Å². The molecule has 0 aliphatic rings. The zero-order valence-corrected chi connectivity index (χ0v) is 17.6. The number of halogens is 1. The van der Waals surface area contributed by atoms with Gasteiger partial charge in [-0.3, -0.25) is 9.52 Å². The molecule has 0 atom stereocenters. The number of aryl methyl sites for hydroxylation is 1. The van der Waals surface area contributed by atoms with Crippen molar-refractivity contribution in [3.8, 4) is 22.8 Å². The topological polar surface area (TPSA) is 71.5 Å². The number of nitrogens with zero attached hydrogens (tertiary/aromatic N) is 1. The third-order valence-corrected chi connectivity index (χ3v) is 4.96. The number of pyridine rings is 1. The molecule has 1 amide bonds. The number of benzene rings is 2. The predicted octanol–water partition coefficient (Wildman–Crippen LogP) is 4.95. The smallest absolute Gasteiger partial charge is 0.267 e. The number of phenols is 1. The molecule has 3 rings (SSSR count). The summed E-state index contributed by atoms with van der Waals surface area (Å²) in [5, 5.41) is 11.4. The summed E-state index contributed by atoms with van der Waals surface area (Å²) >= 11 is 1.19. The van der Waals surface area contributed by atoms with E-state index < -0.39 is 0 Å². The Balaban J connectivity index is 2.23. The van der Waals surface area contributed by atoms with Gasteiger partial charge in [-0.15, -0.1) is 0 Å². The second-order valence-electron chi connectivity index (χ2n) is 7.04. The summed E-state index contributed by atoms with van der Waals surface area (Å²) in [4.78, 5) is 16.5. The fraction of sp³-hybridized carbons (Fsp3) is 0.273. The maximum absolute atomic E-state index is 13.8. The highest BCUT2D eigenvalue weighted by atomic mass is 32.2. The van der Waals surface area contributed by atoms with E-state index in [1.165, 1.54) is 18.0 Å². The standard InChI is InChI=1S/C22H23FN2O3S/c1-12(2)21-20(14-5-8-18(23)13(3)9-14)16-7-6-15(26)10-17(16)22(24-21)28-11-19(27)25-29-4/h5-10,12,26H,11H2,1-4H3,(H,25,27). The fourth-order valence-electron chi connectivity index (χ4n) is 3.20. The van der Waals surface area contributed by atoms with Crippen LogP contribution in [-0.4, -0.2) is 28.9 Å². The van der Waals surface area contributed by atoms with E-state index in [1.54, 1.807) is 43.5 Å². The molecule has 0 radical (unpaired) electrons. The van der Waals surface area contributed by atoms with Gasteiger partial charge in [-0.1, -0.05) is 31.9 Å². The Bertz CT molecular complexity index is 1070. The summed E-state index contributed by atoms with van der Waals surface area (Å²) in [5.74, 6) is -0.155. The molecular weight excluding hydrogens is 391 g/mol. The van der Waals surface area contributed by atoms with Crippen LogP contribution < -0.4 is 9.46 Å². The average Bonchev–Trinajstić information content (AvgIpc) is 2.68. The summed E-state index contributed by atoms with van der Waals surface area (Å²) in [6.07, 6.45) is 1.75. The van der Waals surface area contributed by atoms with Crippen molar-refractivity contribution in [2.75, 3.05) is 12.9 Å². The van der Waals surface area contributed by atoms with Gasteiger partial charge in [-0.05, 0) is 59.7 Å². The average molecular weight is 415 g/mol. The molecular formula is C22H23FN2O3S. The fourth-order valence-corrected chi connectivity index (χ4v) is 3.49. The lowest BCUT2D eigenvalue weighted by Gasteiger charge is -2.19. The molecule has 0 spiro atoms. The molecule has 0 aliphatic heterocycles. The van der Waals surface area contributed by atoms with E-state index in [-0.39, 0.29) is 35.9 Å². The van der Waals surface area contributed by atoms with Gasteiger partial charge in [0.2, 0.25) is 5.88 Å². The number of fused-ring (bicyclic) bond motifs is 1. The number of aromatic nitrogens is 1. The van der Waals surface area contributed by atoms with Crippen LogP contribution in [0.1, 0.15) is 31.0 Å². The van der Waals surface area contributed by atoms with Crippen molar-refractivity contribution in [3.63, 3.8) is 0 Å². The molecule has 0 aliphatic carbocycles. The second-order valence-corrected chi connectivity index (χ2v) is 7.66. The van der Waals surface area contributed by atoms with Crippen LogP contribution in [0.15, 0.2) is 36.4 Å². The van der Waals surface area contributed by atoms with Crippen LogP contribution in [0.5, 0.6) is 11.6 Å². The van der Waals surface area contributed by atoms with E-state index in [0.29, 0.717) is 10.9 Å². The molecule has 0 unspecified atom stereocenters. The van der Waals surface area contributed by atoms with Gasteiger partial charge in [-0.25, -0.2) is 9.37 Å². The summed E-state index contributed by atoms with van der Waals surface area (Å²) in [6, 6.07) is 9.91. The van der Waals surface area contributed by atoms with E-state index in [9.17, 15) is 14.3 Å². The highest BCUT2D eigenvalue weighted by Gasteiger charge is 2.20. The maximum Gasteiger partial charge on any atom is 0.267 e. The number of hydrogen-bond donors (Lipinski definition) is 2. The van der Waals surface area contributed by atoms with Gasteiger partial charge in [-0.2, -0.15) is 0 Å². The molecule has 1 aromatic heterocycles. The predicted molar refractivity (Wildman–Crippen MR) is 115 cm³/mol. The maximum atomic E-state index is 13.8. The number of amides is 1.